The SMILES string of the molecule is Cc1nc(C)c2c(n1)OCC2(C)F. The lowest BCUT2D eigenvalue weighted by atomic mass is 10.0. The minimum absolute atomic E-state index is 0.0430. The van der Waals surface area contributed by atoms with E-state index < -0.39 is 5.67 Å². The molecule has 0 N–H and O–H groups in total. The molecule has 1 aliphatic rings. The van der Waals surface area contributed by atoms with Gasteiger partial charge in [0.1, 0.15) is 12.4 Å². The molecule has 0 spiro atoms. The van der Waals surface area contributed by atoms with E-state index in [0.29, 0.717) is 23.0 Å². The number of alkyl halides is 1. The van der Waals surface area contributed by atoms with Gasteiger partial charge in [0.05, 0.1) is 11.3 Å². The van der Waals surface area contributed by atoms with Crippen molar-refractivity contribution in [3.8, 4) is 5.88 Å². The Kier molecular flexibility index (Phi) is 1.55. The van der Waals surface area contributed by atoms with Gasteiger partial charge in [0.15, 0.2) is 5.67 Å². The first-order chi connectivity index (χ1) is 6.00. The highest BCUT2D eigenvalue weighted by Gasteiger charge is 2.39. The molecule has 1 atom stereocenters. The average molecular weight is 182 g/mol. The smallest absolute Gasteiger partial charge is 0.223 e. The van der Waals surface area contributed by atoms with Gasteiger partial charge >= 0.3 is 0 Å². The van der Waals surface area contributed by atoms with E-state index in [2.05, 4.69) is 9.97 Å². The lowest BCUT2D eigenvalue weighted by molar-refractivity contribution is 0.139. The van der Waals surface area contributed by atoms with Gasteiger partial charge in [-0.15, -0.1) is 0 Å². The van der Waals surface area contributed by atoms with Gasteiger partial charge in [-0.2, -0.15) is 4.98 Å². The highest BCUT2D eigenvalue weighted by atomic mass is 19.1. The predicted octanol–water partition coefficient (Wildman–Crippen LogP) is 1.67. The van der Waals surface area contributed by atoms with E-state index in [1.54, 1.807) is 13.8 Å². The van der Waals surface area contributed by atoms with E-state index >= 15 is 0 Å². The largest absolute Gasteiger partial charge is 0.474 e. The van der Waals surface area contributed by atoms with Crippen molar-refractivity contribution in [1.29, 1.82) is 0 Å². The summed E-state index contributed by atoms with van der Waals surface area (Å²) in [5.74, 6) is 1.02. The number of ether oxygens (including phenoxy) is 1. The standard InChI is InChI=1S/C9H11FN2O/c1-5-7-8(12-6(2)11-5)13-4-9(7,3)10/h4H2,1-3H3. The second-order valence-electron chi connectivity index (χ2n) is 3.52. The van der Waals surface area contributed by atoms with Crippen LogP contribution in [0.3, 0.4) is 0 Å². The number of hydrogen-bond acceptors (Lipinski definition) is 3. The first-order valence-electron chi connectivity index (χ1n) is 4.18. The monoisotopic (exact) mass is 182 g/mol. The maximum atomic E-state index is 13.8. The topological polar surface area (TPSA) is 35.0 Å². The highest BCUT2D eigenvalue weighted by Crippen LogP contribution is 2.39. The van der Waals surface area contributed by atoms with Gasteiger partial charge in [-0.25, -0.2) is 9.37 Å². The number of aryl methyl sites for hydroxylation is 2. The Labute approximate surface area is 76.0 Å². The molecule has 0 aromatic carbocycles. The Bertz CT molecular complexity index is 363. The summed E-state index contributed by atoms with van der Waals surface area (Å²) >= 11 is 0. The van der Waals surface area contributed by atoms with Crippen LogP contribution in [0.2, 0.25) is 0 Å². The van der Waals surface area contributed by atoms with Crippen molar-refractivity contribution < 1.29 is 9.13 Å². The normalized spacial score (nSPS) is 25.5. The van der Waals surface area contributed by atoms with Crippen molar-refractivity contribution in [2.24, 2.45) is 0 Å². The zero-order valence-electron chi connectivity index (χ0n) is 7.89. The maximum Gasteiger partial charge on any atom is 0.223 e. The van der Waals surface area contributed by atoms with Gasteiger partial charge in [-0.05, 0) is 20.8 Å². The van der Waals surface area contributed by atoms with Gasteiger partial charge in [0.2, 0.25) is 5.88 Å². The fourth-order valence-corrected chi connectivity index (χ4v) is 1.66. The Hall–Kier alpha value is -1.19. The van der Waals surface area contributed by atoms with Crippen molar-refractivity contribution in [3.63, 3.8) is 0 Å². The molecule has 0 saturated heterocycles. The van der Waals surface area contributed by atoms with Crippen LogP contribution in [0.1, 0.15) is 24.0 Å². The highest BCUT2D eigenvalue weighted by molar-refractivity contribution is 5.39. The molecule has 0 bridgehead atoms. The van der Waals surface area contributed by atoms with Crippen molar-refractivity contribution >= 4 is 0 Å². The van der Waals surface area contributed by atoms with Crippen molar-refractivity contribution in [2.75, 3.05) is 6.61 Å². The second-order valence-corrected chi connectivity index (χ2v) is 3.52. The quantitative estimate of drug-likeness (QED) is 0.612. The predicted molar refractivity (Wildman–Crippen MR) is 45.5 cm³/mol. The van der Waals surface area contributed by atoms with E-state index in [0.717, 1.165) is 0 Å². The summed E-state index contributed by atoms with van der Waals surface area (Å²) in [7, 11) is 0. The molecule has 2 rings (SSSR count). The van der Waals surface area contributed by atoms with Crippen LogP contribution in [-0.2, 0) is 5.67 Å². The number of fused-ring (bicyclic) bond motifs is 1. The van der Waals surface area contributed by atoms with Crippen LogP contribution in [0.5, 0.6) is 5.88 Å². The molecule has 0 amide bonds. The summed E-state index contributed by atoms with van der Waals surface area (Å²) in [6.45, 7) is 5.08. The molecule has 0 radical (unpaired) electrons. The Morgan fingerprint density at radius 1 is 1.38 bits per heavy atom. The number of rotatable bonds is 0. The van der Waals surface area contributed by atoms with E-state index in [9.17, 15) is 4.39 Å². The fourth-order valence-electron chi connectivity index (χ4n) is 1.66. The van der Waals surface area contributed by atoms with Gasteiger partial charge in [-0.1, -0.05) is 0 Å². The Morgan fingerprint density at radius 3 is 2.77 bits per heavy atom. The lowest BCUT2D eigenvalue weighted by Gasteiger charge is -2.11. The fraction of sp³-hybridized carbons (Fsp3) is 0.556. The molecular formula is C9H11FN2O. The molecule has 1 unspecified atom stereocenters. The van der Waals surface area contributed by atoms with Crippen LogP contribution in [0, 0.1) is 13.8 Å². The van der Waals surface area contributed by atoms with E-state index in [-0.39, 0.29) is 6.61 Å². The van der Waals surface area contributed by atoms with Crippen molar-refractivity contribution in [2.45, 2.75) is 26.4 Å². The van der Waals surface area contributed by atoms with Crippen LogP contribution < -0.4 is 4.74 Å². The van der Waals surface area contributed by atoms with Crippen LogP contribution >= 0.6 is 0 Å². The first kappa shape index (κ1) is 8.41. The average Bonchev–Trinajstić information content (AvgIpc) is 2.26. The minimum Gasteiger partial charge on any atom is -0.474 e. The van der Waals surface area contributed by atoms with Gasteiger partial charge in [0.25, 0.3) is 0 Å². The Morgan fingerprint density at radius 2 is 2.08 bits per heavy atom. The minimum atomic E-state index is -1.44. The zero-order chi connectivity index (χ0) is 9.64. The summed E-state index contributed by atoms with van der Waals surface area (Å²) in [6, 6.07) is 0. The number of halogens is 1. The van der Waals surface area contributed by atoms with Gasteiger partial charge < -0.3 is 4.74 Å². The van der Waals surface area contributed by atoms with Crippen LogP contribution in [-0.4, -0.2) is 16.6 Å². The maximum absolute atomic E-state index is 13.8. The molecule has 70 valence electrons. The molecule has 0 fully saturated rings. The molecule has 1 aromatic rings. The first-order valence-corrected chi connectivity index (χ1v) is 4.18. The third-order valence-electron chi connectivity index (χ3n) is 2.17. The Balaban J connectivity index is 2.65. The molecule has 13 heavy (non-hydrogen) atoms. The summed E-state index contributed by atoms with van der Waals surface area (Å²) in [4.78, 5) is 8.15. The number of aromatic nitrogens is 2. The molecule has 0 saturated carbocycles. The molecule has 0 aliphatic carbocycles. The number of nitrogens with zero attached hydrogens (tertiary/aromatic N) is 2. The molecule has 2 heterocycles. The molecule has 4 heteroatoms. The molecule has 1 aliphatic heterocycles. The molecule has 3 nitrogen and oxygen atoms in total. The van der Waals surface area contributed by atoms with E-state index in [1.165, 1.54) is 6.92 Å². The number of hydrogen-bond donors (Lipinski definition) is 0. The summed E-state index contributed by atoms with van der Waals surface area (Å²) in [5, 5.41) is 0. The summed E-state index contributed by atoms with van der Waals surface area (Å²) in [5.41, 5.74) is -0.268. The van der Waals surface area contributed by atoms with Crippen molar-refractivity contribution in [3.05, 3.63) is 17.1 Å². The van der Waals surface area contributed by atoms with Crippen molar-refractivity contribution in [1.82, 2.24) is 9.97 Å². The summed E-state index contributed by atoms with van der Waals surface area (Å²) < 4.78 is 18.9. The summed E-state index contributed by atoms with van der Waals surface area (Å²) in [6.07, 6.45) is 0. The second kappa shape index (κ2) is 2.40. The van der Waals surface area contributed by atoms with E-state index in [4.69, 9.17) is 4.74 Å². The molecule has 1 aromatic heterocycles. The van der Waals surface area contributed by atoms with Gasteiger partial charge in [-0.3, -0.25) is 0 Å². The third-order valence-corrected chi connectivity index (χ3v) is 2.17. The van der Waals surface area contributed by atoms with Crippen LogP contribution in [0.4, 0.5) is 4.39 Å². The zero-order valence-corrected chi connectivity index (χ0v) is 7.89. The van der Waals surface area contributed by atoms with Crippen LogP contribution in [0.15, 0.2) is 0 Å². The third kappa shape index (κ3) is 1.17. The van der Waals surface area contributed by atoms with Crippen LogP contribution in [0.25, 0.3) is 0 Å². The lowest BCUT2D eigenvalue weighted by Crippen LogP contribution is -2.17. The molecular weight excluding hydrogens is 171 g/mol. The van der Waals surface area contributed by atoms with Gasteiger partial charge in [0, 0.05) is 0 Å². The van der Waals surface area contributed by atoms with E-state index in [1.807, 2.05) is 0 Å².